The van der Waals surface area contributed by atoms with Gasteiger partial charge in [-0.2, -0.15) is 13.2 Å². The Balaban J connectivity index is 1.51. The lowest BCUT2D eigenvalue weighted by Gasteiger charge is -2.28. The average molecular weight is 438 g/mol. The number of alkyl halides is 5. The molecule has 2 heterocycles. The van der Waals surface area contributed by atoms with Gasteiger partial charge in [-0.1, -0.05) is 31.2 Å². The number of nitrogens with zero attached hydrogens (tertiary/aromatic N) is 2. The minimum atomic E-state index is -4.25. The van der Waals surface area contributed by atoms with E-state index in [0.29, 0.717) is 23.7 Å². The van der Waals surface area contributed by atoms with Crippen molar-refractivity contribution < 1.29 is 22.0 Å². The Morgan fingerprint density at radius 2 is 2.00 bits per heavy atom. The van der Waals surface area contributed by atoms with E-state index in [9.17, 15) is 22.0 Å². The van der Waals surface area contributed by atoms with Gasteiger partial charge in [0.25, 0.3) is 5.92 Å². The van der Waals surface area contributed by atoms with Crippen LogP contribution >= 0.6 is 0 Å². The van der Waals surface area contributed by atoms with E-state index in [0.717, 1.165) is 36.7 Å². The summed E-state index contributed by atoms with van der Waals surface area (Å²) in [5.41, 5.74) is 3.66. The van der Waals surface area contributed by atoms with Gasteiger partial charge in [-0.3, -0.25) is 4.99 Å². The predicted octanol–water partition coefficient (Wildman–Crippen LogP) is 6.41. The summed E-state index contributed by atoms with van der Waals surface area (Å²) in [6.07, 6.45) is -1.95. The van der Waals surface area contributed by atoms with Crippen molar-refractivity contribution in [1.29, 1.82) is 0 Å². The molecule has 7 heteroatoms. The van der Waals surface area contributed by atoms with E-state index in [2.05, 4.69) is 16.5 Å². The van der Waals surface area contributed by atoms with Crippen LogP contribution in [-0.2, 0) is 6.42 Å². The molecule has 2 aliphatic heterocycles. The van der Waals surface area contributed by atoms with Gasteiger partial charge >= 0.3 is 6.18 Å². The second kappa shape index (κ2) is 7.17. The number of fused-ring (bicyclic) bond motifs is 1. The van der Waals surface area contributed by atoms with E-state index in [-0.39, 0.29) is 23.8 Å². The highest BCUT2D eigenvalue weighted by Crippen LogP contribution is 2.61. The molecule has 1 aromatic rings. The van der Waals surface area contributed by atoms with Gasteiger partial charge in [0.05, 0.1) is 5.92 Å². The van der Waals surface area contributed by atoms with Crippen LogP contribution in [0.1, 0.15) is 43.4 Å². The van der Waals surface area contributed by atoms with E-state index in [1.807, 2.05) is 19.1 Å². The predicted molar refractivity (Wildman–Crippen MR) is 112 cm³/mol. The fourth-order valence-electron chi connectivity index (χ4n) is 4.89. The molecule has 0 N–H and O–H groups in total. The van der Waals surface area contributed by atoms with Crippen LogP contribution in [0.25, 0.3) is 5.70 Å². The SMILES string of the molecule is C=C(c1cc(C)ccc1CC(C)C(F)(F)F)N1CC2CC2(C2=NC=C(C(C)(F)F)C2)C1. The lowest BCUT2D eigenvalue weighted by Crippen LogP contribution is -2.28. The average Bonchev–Trinajstić information content (AvgIpc) is 3.05. The van der Waals surface area contributed by atoms with E-state index in [1.165, 1.54) is 13.1 Å². The number of likely N-dealkylation sites (tertiary alicyclic amines) is 1. The summed E-state index contributed by atoms with van der Waals surface area (Å²) in [6, 6.07) is 5.47. The van der Waals surface area contributed by atoms with Crippen molar-refractivity contribution in [3.05, 3.63) is 53.2 Å². The van der Waals surface area contributed by atoms with E-state index < -0.39 is 18.0 Å². The fraction of sp³-hybridized carbons (Fsp3) is 0.542. The summed E-state index contributed by atoms with van der Waals surface area (Å²) in [5.74, 6) is -4.00. The highest BCUT2D eigenvalue weighted by Gasteiger charge is 2.63. The van der Waals surface area contributed by atoms with Gasteiger partial charge in [-0.25, -0.2) is 8.78 Å². The number of aryl methyl sites for hydroxylation is 1. The van der Waals surface area contributed by atoms with Gasteiger partial charge in [0, 0.05) is 60.6 Å². The number of allylic oxidation sites excluding steroid dienone is 1. The molecule has 0 radical (unpaired) electrons. The fourth-order valence-corrected chi connectivity index (χ4v) is 4.89. The number of aliphatic imine (C=N–C) groups is 1. The zero-order valence-electron chi connectivity index (χ0n) is 18.0. The molecule has 168 valence electrons. The van der Waals surface area contributed by atoms with E-state index in [1.54, 1.807) is 6.07 Å². The largest absolute Gasteiger partial charge is 0.391 e. The smallest absolute Gasteiger partial charge is 0.370 e. The Bertz CT molecular complexity index is 969. The second-order valence-corrected chi connectivity index (χ2v) is 9.49. The summed E-state index contributed by atoms with van der Waals surface area (Å²) >= 11 is 0. The van der Waals surface area contributed by atoms with Crippen LogP contribution in [0.4, 0.5) is 22.0 Å². The second-order valence-electron chi connectivity index (χ2n) is 9.49. The highest BCUT2D eigenvalue weighted by atomic mass is 19.4. The number of halogens is 5. The Labute approximate surface area is 179 Å². The molecule has 2 fully saturated rings. The first-order valence-corrected chi connectivity index (χ1v) is 10.6. The van der Waals surface area contributed by atoms with Gasteiger partial charge in [-0.15, -0.1) is 0 Å². The van der Waals surface area contributed by atoms with Gasteiger partial charge < -0.3 is 4.90 Å². The van der Waals surface area contributed by atoms with Crippen LogP contribution < -0.4 is 0 Å². The molecule has 0 bridgehead atoms. The number of rotatable bonds is 6. The third-order valence-electron chi connectivity index (χ3n) is 7.06. The first-order chi connectivity index (χ1) is 14.3. The van der Waals surface area contributed by atoms with Gasteiger partial charge in [0.1, 0.15) is 0 Å². The molecule has 1 saturated heterocycles. The summed E-state index contributed by atoms with van der Waals surface area (Å²) in [6.45, 7) is 9.55. The molecule has 3 atom stereocenters. The molecule has 0 amide bonds. The van der Waals surface area contributed by atoms with Crippen LogP contribution in [0.5, 0.6) is 0 Å². The molecule has 3 unspecified atom stereocenters. The minimum absolute atomic E-state index is 0.0434. The molecular formula is C24H27F5N2. The monoisotopic (exact) mass is 438 g/mol. The number of hydrogen-bond donors (Lipinski definition) is 0. The van der Waals surface area contributed by atoms with Gasteiger partial charge in [0.2, 0.25) is 0 Å². The first kappa shape index (κ1) is 22.0. The molecule has 0 spiro atoms. The van der Waals surface area contributed by atoms with Crippen molar-refractivity contribution in [3.63, 3.8) is 0 Å². The Hall–Kier alpha value is -2.18. The van der Waals surface area contributed by atoms with Crippen LogP contribution in [0.2, 0.25) is 0 Å². The maximum Gasteiger partial charge on any atom is 0.391 e. The number of benzene rings is 1. The first-order valence-electron chi connectivity index (χ1n) is 10.6. The zero-order valence-corrected chi connectivity index (χ0v) is 18.0. The highest BCUT2D eigenvalue weighted by molar-refractivity contribution is 5.98. The van der Waals surface area contributed by atoms with Crippen LogP contribution in [0.15, 0.2) is 41.5 Å². The van der Waals surface area contributed by atoms with Crippen molar-refractivity contribution >= 4 is 11.4 Å². The molecule has 0 aromatic heterocycles. The molecular weight excluding hydrogens is 411 g/mol. The van der Waals surface area contributed by atoms with Crippen molar-refractivity contribution in [2.24, 2.45) is 22.2 Å². The standard InChI is InChI=1S/C24H27F5N2/c1-14-5-6-17(8-15(2)24(27,28)29)20(7-14)16(3)31-12-19-10-23(19,13-31)21-9-18(11-30-21)22(4,25)26/h5-7,11,15,19H,3,8-10,12-13H2,1-2,4H3. The summed E-state index contributed by atoms with van der Waals surface area (Å²) in [7, 11) is 0. The molecule has 2 nitrogen and oxygen atoms in total. The van der Waals surface area contributed by atoms with Gasteiger partial charge in [0.15, 0.2) is 0 Å². The lowest BCUT2D eigenvalue weighted by molar-refractivity contribution is -0.169. The molecule has 1 aliphatic carbocycles. The Morgan fingerprint density at radius 3 is 2.61 bits per heavy atom. The van der Waals surface area contributed by atoms with Crippen molar-refractivity contribution in [1.82, 2.24) is 4.90 Å². The molecule has 1 aromatic carbocycles. The van der Waals surface area contributed by atoms with Crippen LogP contribution in [0.3, 0.4) is 0 Å². The lowest BCUT2D eigenvalue weighted by atomic mass is 9.92. The zero-order chi connectivity index (χ0) is 22.8. The molecule has 4 rings (SSSR count). The molecule has 1 saturated carbocycles. The topological polar surface area (TPSA) is 15.6 Å². The van der Waals surface area contributed by atoms with Gasteiger partial charge in [-0.05, 0) is 37.3 Å². The maximum atomic E-state index is 13.7. The Kier molecular flexibility index (Phi) is 5.10. The van der Waals surface area contributed by atoms with Crippen LogP contribution in [-0.4, -0.2) is 35.8 Å². The number of piperidine rings is 1. The third-order valence-corrected chi connectivity index (χ3v) is 7.06. The van der Waals surface area contributed by atoms with Crippen molar-refractivity contribution in [3.8, 4) is 0 Å². The maximum absolute atomic E-state index is 13.7. The Morgan fingerprint density at radius 1 is 1.29 bits per heavy atom. The van der Waals surface area contributed by atoms with Crippen LogP contribution in [0, 0.1) is 24.2 Å². The summed E-state index contributed by atoms with van der Waals surface area (Å²) in [4.78, 5) is 6.43. The van der Waals surface area contributed by atoms with Crippen molar-refractivity contribution in [2.45, 2.75) is 52.1 Å². The number of hydrogen-bond acceptors (Lipinski definition) is 2. The molecule has 3 aliphatic rings. The minimum Gasteiger partial charge on any atom is -0.370 e. The van der Waals surface area contributed by atoms with E-state index in [4.69, 9.17) is 0 Å². The normalized spacial score (nSPS) is 26.5. The van der Waals surface area contributed by atoms with E-state index >= 15 is 0 Å². The molecule has 31 heavy (non-hydrogen) atoms. The van der Waals surface area contributed by atoms with Crippen molar-refractivity contribution in [2.75, 3.05) is 13.1 Å². The summed E-state index contributed by atoms with van der Waals surface area (Å²) < 4.78 is 66.8. The third kappa shape index (κ3) is 4.03. The quantitative estimate of drug-likeness (QED) is 0.469. The summed E-state index contributed by atoms with van der Waals surface area (Å²) in [5, 5.41) is 0.